The second-order valence-corrected chi connectivity index (χ2v) is 15.4. The van der Waals surface area contributed by atoms with Crippen molar-refractivity contribution >= 4 is 82.7 Å². The second-order valence-electron chi connectivity index (χ2n) is 13.1. The summed E-state index contributed by atoms with van der Waals surface area (Å²) >= 11 is 2.18. The summed E-state index contributed by atoms with van der Waals surface area (Å²) in [7, 11) is 1.33. The van der Waals surface area contributed by atoms with Crippen molar-refractivity contribution in [2.75, 3.05) is 50.7 Å². The summed E-state index contributed by atoms with van der Waals surface area (Å²) in [5.41, 5.74) is 10.4. The Hall–Kier alpha value is -4.84. The Bertz CT molecular complexity index is 1470. The molecule has 0 aromatic heterocycles. The monoisotopic (exact) mass is 847 g/mol. The fraction of sp³-hybridized carbons (Fsp3) is 0.697. The summed E-state index contributed by atoms with van der Waals surface area (Å²) in [6.07, 6.45) is -0.680. The molecule has 22 nitrogen and oxygen atoms in total. The first-order valence-electron chi connectivity index (χ1n) is 18.1. The van der Waals surface area contributed by atoms with Crippen LogP contribution in [-0.2, 0) is 47.9 Å². The number of ether oxygens (including phenoxy) is 1. The minimum atomic E-state index is -1.69. The number of thioether (sulfide) groups is 2. The van der Waals surface area contributed by atoms with E-state index < -0.39 is 103 Å². The van der Waals surface area contributed by atoms with Crippen molar-refractivity contribution in [2.24, 2.45) is 22.4 Å². The van der Waals surface area contributed by atoms with E-state index in [2.05, 4.69) is 42.2 Å². The van der Waals surface area contributed by atoms with E-state index in [1.54, 1.807) is 27.7 Å². The Kier molecular flexibility index (Phi) is 23.0. The van der Waals surface area contributed by atoms with Crippen LogP contribution in [-0.4, -0.2) is 156 Å². The van der Waals surface area contributed by atoms with Crippen LogP contribution < -0.4 is 48.7 Å². The van der Waals surface area contributed by atoms with Crippen LogP contribution in [0.1, 0.15) is 53.9 Å². The number of nitrogens with one attached hydrogen (secondary N) is 7. The number of guanidine groups is 1. The van der Waals surface area contributed by atoms with Gasteiger partial charge in [0.1, 0.15) is 35.6 Å². The molecule has 0 aliphatic carbocycles. The average molecular weight is 848 g/mol. The average Bonchev–Trinajstić information content (AvgIpc) is 3.12. The minimum Gasteiger partial charge on any atom is -0.481 e. The Morgan fingerprint density at radius 1 is 0.982 bits per heavy atom. The molecule has 57 heavy (non-hydrogen) atoms. The lowest BCUT2D eigenvalue weighted by atomic mass is 10.00. The normalized spacial score (nSPS) is 22.3. The number of hydrogen-bond acceptors (Lipinski definition) is 13. The first kappa shape index (κ1) is 50.2. The second kappa shape index (κ2) is 26.1. The number of carbonyl (C=O) groups excluding carboxylic acids is 8. The van der Waals surface area contributed by atoms with Crippen molar-refractivity contribution in [1.29, 1.82) is 0 Å². The first-order valence-corrected chi connectivity index (χ1v) is 20.3. The molecule has 0 spiro atoms. The zero-order valence-electron chi connectivity index (χ0n) is 33.0. The highest BCUT2D eigenvalue weighted by atomic mass is 32.2. The quantitative estimate of drug-likeness (QED) is 0.0290. The van der Waals surface area contributed by atoms with Crippen LogP contribution in [0.4, 0.5) is 0 Å². The van der Waals surface area contributed by atoms with Crippen LogP contribution in [0.25, 0.3) is 0 Å². The van der Waals surface area contributed by atoms with Gasteiger partial charge < -0.3 is 63.4 Å². The van der Waals surface area contributed by atoms with E-state index in [0.717, 1.165) is 28.4 Å². The van der Waals surface area contributed by atoms with Gasteiger partial charge >= 0.3 is 5.97 Å². The summed E-state index contributed by atoms with van der Waals surface area (Å²) < 4.78 is 5.42. The first-order chi connectivity index (χ1) is 26.8. The summed E-state index contributed by atoms with van der Waals surface area (Å²) in [6.45, 7) is 7.22. The standard InChI is InChI=1S/C33H57N11O11S2/c1-7-55-19(5)57-15-25(47)41-21-12-37-28(50)20(11-26(48)49)40-24(46)13-38-31(53)23(9-8-10-36-33(34)35)44(6)32(54)27(17(2)3)43-30(52)22(42-29(21)51)14-56-16-39-18(4)45/h17,19-23,27H,7-16H2,1-6H3,(H,37,50)(H,38,53)(H,39,45)(H,40,46)(H,41,47)(H,42,51)(H,43,52)(H,48,49)(H4,34,35,36)/t19?,20?,21?,22?,23-,27+/m0/s1. The molecule has 1 heterocycles. The van der Waals surface area contributed by atoms with Crippen LogP contribution in [0.15, 0.2) is 4.99 Å². The van der Waals surface area contributed by atoms with Crippen LogP contribution in [0, 0.1) is 5.92 Å². The van der Waals surface area contributed by atoms with E-state index in [9.17, 15) is 48.3 Å². The maximum absolute atomic E-state index is 14.0. The fourth-order valence-electron chi connectivity index (χ4n) is 5.08. The molecule has 24 heteroatoms. The topological polar surface area (TPSA) is 335 Å². The summed E-state index contributed by atoms with van der Waals surface area (Å²) in [5, 5.41) is 26.8. The highest BCUT2D eigenvalue weighted by molar-refractivity contribution is 8.00. The number of carboxylic acids is 1. The van der Waals surface area contributed by atoms with Gasteiger partial charge in [-0.3, -0.25) is 48.1 Å². The zero-order valence-corrected chi connectivity index (χ0v) is 34.6. The Labute approximate surface area is 339 Å². The van der Waals surface area contributed by atoms with Crippen molar-refractivity contribution in [2.45, 2.75) is 89.5 Å². The molecule has 0 aromatic carbocycles. The maximum Gasteiger partial charge on any atom is 0.305 e. The predicted molar refractivity (Wildman–Crippen MR) is 212 cm³/mol. The molecule has 4 unspecified atom stereocenters. The molecule has 0 saturated carbocycles. The number of aliphatic carboxylic acids is 1. The smallest absolute Gasteiger partial charge is 0.305 e. The van der Waals surface area contributed by atoms with Crippen LogP contribution >= 0.6 is 23.5 Å². The SMILES string of the molecule is CCOC(C)SCC(=O)NC1CNC(=O)C(CC(=O)O)NC(=O)CNC(=O)[C@H](CCCN=C(N)N)N(C)C(=O)[C@@H](C(C)C)NC(=O)C(CSCNC(C)=O)NC1=O. The molecule has 0 radical (unpaired) electrons. The van der Waals surface area contributed by atoms with Gasteiger partial charge in [-0.2, -0.15) is 0 Å². The lowest BCUT2D eigenvalue weighted by molar-refractivity contribution is -0.143. The highest BCUT2D eigenvalue weighted by Crippen LogP contribution is 2.14. The Morgan fingerprint density at radius 3 is 2.26 bits per heavy atom. The number of nitrogens with two attached hydrogens (primary N) is 2. The maximum atomic E-state index is 14.0. The molecule has 1 rings (SSSR count). The molecule has 1 saturated heterocycles. The number of nitrogens with zero attached hydrogens (tertiary/aromatic N) is 2. The molecule has 1 fully saturated rings. The number of likely N-dealkylation sites (N-methyl/N-ethyl adjacent to an activating group) is 1. The number of amides is 8. The van der Waals surface area contributed by atoms with Gasteiger partial charge in [-0.05, 0) is 32.6 Å². The van der Waals surface area contributed by atoms with Crippen molar-refractivity contribution in [3.8, 4) is 0 Å². The van der Waals surface area contributed by atoms with Gasteiger partial charge in [0.05, 0.1) is 24.6 Å². The third kappa shape index (κ3) is 19.7. The number of carbonyl (C=O) groups is 9. The molecular formula is C33H57N11O11S2. The molecule has 0 aromatic rings. The van der Waals surface area contributed by atoms with E-state index in [1.807, 2.05) is 0 Å². The van der Waals surface area contributed by atoms with E-state index in [1.165, 1.54) is 14.0 Å². The summed E-state index contributed by atoms with van der Waals surface area (Å²) in [5.74, 6) is -8.71. The minimum absolute atomic E-state index is 0.00388. The predicted octanol–water partition coefficient (Wildman–Crippen LogP) is -3.87. The molecule has 8 amide bonds. The number of aliphatic imine (C=N–C) groups is 1. The number of carboxylic acid groups (broad SMARTS) is 1. The van der Waals surface area contributed by atoms with Gasteiger partial charge in [0.2, 0.25) is 47.3 Å². The van der Waals surface area contributed by atoms with Crippen LogP contribution in [0.3, 0.4) is 0 Å². The van der Waals surface area contributed by atoms with Gasteiger partial charge in [-0.15, -0.1) is 23.5 Å². The van der Waals surface area contributed by atoms with Gasteiger partial charge in [-0.1, -0.05) is 13.8 Å². The molecule has 322 valence electrons. The molecule has 0 bridgehead atoms. The molecule has 1 aliphatic heterocycles. The molecule has 1 aliphatic rings. The van der Waals surface area contributed by atoms with Crippen molar-refractivity contribution < 1.29 is 53.0 Å². The third-order valence-electron chi connectivity index (χ3n) is 8.06. The van der Waals surface area contributed by atoms with Crippen molar-refractivity contribution in [3.05, 3.63) is 0 Å². The number of hydrogen-bond donors (Lipinski definition) is 10. The Balaban J connectivity index is 3.70. The zero-order chi connectivity index (χ0) is 43.2. The molecule has 6 atom stereocenters. The lowest BCUT2D eigenvalue weighted by Gasteiger charge is -2.33. The van der Waals surface area contributed by atoms with Crippen LogP contribution in [0.2, 0.25) is 0 Å². The van der Waals surface area contributed by atoms with E-state index in [0.29, 0.717) is 6.61 Å². The molecular weight excluding hydrogens is 791 g/mol. The Morgan fingerprint density at radius 2 is 1.67 bits per heavy atom. The van der Waals surface area contributed by atoms with Gasteiger partial charge in [-0.25, -0.2) is 0 Å². The van der Waals surface area contributed by atoms with E-state index in [4.69, 9.17) is 16.2 Å². The lowest BCUT2D eigenvalue weighted by Crippen LogP contribution is -2.61. The number of rotatable bonds is 17. The van der Waals surface area contributed by atoms with Crippen molar-refractivity contribution in [3.63, 3.8) is 0 Å². The summed E-state index contributed by atoms with van der Waals surface area (Å²) in [6, 6.07) is -7.06. The third-order valence-corrected chi connectivity index (χ3v) is 10.0. The van der Waals surface area contributed by atoms with Gasteiger partial charge in [0, 0.05) is 39.4 Å². The molecule has 12 N–H and O–H groups in total. The van der Waals surface area contributed by atoms with E-state index >= 15 is 0 Å². The van der Waals surface area contributed by atoms with Gasteiger partial charge in [0.15, 0.2) is 5.96 Å². The summed E-state index contributed by atoms with van der Waals surface area (Å²) in [4.78, 5) is 123. The van der Waals surface area contributed by atoms with Crippen LogP contribution in [0.5, 0.6) is 0 Å². The van der Waals surface area contributed by atoms with E-state index in [-0.39, 0.29) is 54.1 Å². The highest BCUT2D eigenvalue weighted by Gasteiger charge is 2.36. The van der Waals surface area contributed by atoms with Crippen molar-refractivity contribution in [1.82, 2.24) is 42.1 Å². The van der Waals surface area contributed by atoms with Gasteiger partial charge in [0.25, 0.3) is 0 Å². The fourth-order valence-corrected chi connectivity index (χ4v) is 6.68. The largest absolute Gasteiger partial charge is 0.481 e.